The lowest BCUT2D eigenvalue weighted by Crippen LogP contribution is -2.26. The van der Waals surface area contributed by atoms with Crippen LogP contribution in [0.4, 0.5) is 0 Å². The third-order valence-corrected chi connectivity index (χ3v) is 6.16. The molecule has 0 spiro atoms. The van der Waals surface area contributed by atoms with Gasteiger partial charge in [-0.25, -0.2) is 0 Å². The van der Waals surface area contributed by atoms with Crippen LogP contribution in [0, 0.1) is 6.92 Å². The van der Waals surface area contributed by atoms with E-state index in [1.54, 1.807) is 12.3 Å². The lowest BCUT2D eigenvalue weighted by Gasteiger charge is -2.27. The van der Waals surface area contributed by atoms with Crippen molar-refractivity contribution in [3.63, 3.8) is 0 Å². The van der Waals surface area contributed by atoms with Gasteiger partial charge in [-0.05, 0) is 50.6 Å². The Bertz CT molecular complexity index is 1060. The summed E-state index contributed by atoms with van der Waals surface area (Å²) in [6.45, 7) is 4.15. The van der Waals surface area contributed by atoms with Crippen molar-refractivity contribution in [3.05, 3.63) is 58.7 Å². The van der Waals surface area contributed by atoms with Crippen LogP contribution in [-0.2, 0) is 0 Å². The fourth-order valence-electron chi connectivity index (χ4n) is 3.72. The lowest BCUT2D eigenvalue weighted by molar-refractivity contribution is 0.277. The molecule has 1 N–H and O–H groups in total. The first-order valence-corrected chi connectivity index (χ1v) is 9.95. The summed E-state index contributed by atoms with van der Waals surface area (Å²) in [5.74, 6) is 1.25. The van der Waals surface area contributed by atoms with Gasteiger partial charge in [0, 0.05) is 0 Å². The van der Waals surface area contributed by atoms with Gasteiger partial charge in [-0.1, -0.05) is 41.2 Å². The van der Waals surface area contributed by atoms with Crippen molar-refractivity contribution in [3.8, 4) is 17.5 Å². The van der Waals surface area contributed by atoms with Crippen LogP contribution >= 0.6 is 11.3 Å². The number of hydrogen-bond acceptors (Lipinski definition) is 6. The van der Waals surface area contributed by atoms with Crippen molar-refractivity contribution in [1.29, 1.82) is 0 Å². The average Bonchev–Trinajstić information content (AvgIpc) is 3.44. The summed E-state index contributed by atoms with van der Waals surface area (Å²) in [5, 5.41) is 15.4. The highest BCUT2D eigenvalue weighted by molar-refractivity contribution is 7.17. The summed E-state index contributed by atoms with van der Waals surface area (Å²) in [7, 11) is 0. The van der Waals surface area contributed by atoms with Gasteiger partial charge in [0.25, 0.3) is 0 Å². The minimum atomic E-state index is 0.0219. The predicted molar refractivity (Wildman–Crippen MR) is 104 cm³/mol. The van der Waals surface area contributed by atoms with E-state index in [4.69, 9.17) is 4.42 Å². The van der Waals surface area contributed by atoms with Crippen LogP contribution in [0.5, 0.6) is 5.88 Å². The monoisotopic (exact) mass is 380 g/mol. The van der Waals surface area contributed by atoms with Crippen LogP contribution in [0.1, 0.15) is 34.9 Å². The van der Waals surface area contributed by atoms with Gasteiger partial charge in [0.1, 0.15) is 0 Å². The molecule has 4 aromatic rings. The third-order valence-electron chi connectivity index (χ3n) is 5.09. The van der Waals surface area contributed by atoms with Crippen LogP contribution in [0.3, 0.4) is 0 Å². The molecule has 1 aliphatic heterocycles. The Morgan fingerprint density at radius 1 is 1.15 bits per heavy atom. The number of aromatic hydroxyl groups is 1. The van der Waals surface area contributed by atoms with Crippen LogP contribution in [0.15, 0.2) is 47.1 Å². The predicted octanol–water partition coefficient (Wildman–Crippen LogP) is 4.25. The van der Waals surface area contributed by atoms with E-state index in [1.165, 1.54) is 39.8 Å². The molecule has 0 saturated carbocycles. The maximum atomic E-state index is 11.0. The van der Waals surface area contributed by atoms with Gasteiger partial charge in [0.2, 0.25) is 16.7 Å². The van der Waals surface area contributed by atoms with Crippen LogP contribution in [0.2, 0.25) is 0 Å². The molecule has 27 heavy (non-hydrogen) atoms. The fourth-order valence-corrected chi connectivity index (χ4v) is 4.83. The zero-order valence-corrected chi connectivity index (χ0v) is 15.8. The molecule has 1 aliphatic rings. The molecule has 5 rings (SSSR count). The number of nitrogens with zero attached hydrogens (tertiary/aromatic N) is 4. The molecule has 3 aromatic heterocycles. The number of rotatable bonds is 4. The second kappa shape index (κ2) is 6.51. The Morgan fingerprint density at radius 3 is 2.59 bits per heavy atom. The minimum absolute atomic E-state index is 0.0219. The Balaban J connectivity index is 1.60. The molecule has 1 saturated heterocycles. The summed E-state index contributed by atoms with van der Waals surface area (Å²) < 4.78 is 6.90. The lowest BCUT2D eigenvalue weighted by atomic mass is 10.0. The minimum Gasteiger partial charge on any atom is -0.492 e. The van der Waals surface area contributed by atoms with Crippen LogP contribution in [-0.4, -0.2) is 37.7 Å². The Kier molecular flexibility index (Phi) is 3.98. The zero-order valence-electron chi connectivity index (χ0n) is 15.0. The smallest absolute Gasteiger partial charge is 0.230 e. The van der Waals surface area contributed by atoms with Gasteiger partial charge < -0.3 is 9.52 Å². The topological polar surface area (TPSA) is 66.8 Å². The van der Waals surface area contributed by atoms with E-state index in [-0.39, 0.29) is 11.9 Å². The molecule has 1 atom stereocenters. The molecule has 0 radical (unpaired) electrons. The normalized spacial score (nSPS) is 16.3. The van der Waals surface area contributed by atoms with Crippen molar-refractivity contribution >= 4 is 16.3 Å². The van der Waals surface area contributed by atoms with Crippen molar-refractivity contribution < 1.29 is 9.52 Å². The molecular formula is C20H20N4O2S. The maximum absolute atomic E-state index is 11.0. The molecule has 0 unspecified atom stereocenters. The van der Waals surface area contributed by atoms with Crippen molar-refractivity contribution in [2.24, 2.45) is 0 Å². The Hall–Kier alpha value is -2.64. The van der Waals surface area contributed by atoms with E-state index in [0.717, 1.165) is 18.0 Å². The van der Waals surface area contributed by atoms with Crippen molar-refractivity contribution in [2.45, 2.75) is 25.8 Å². The molecule has 6 nitrogen and oxygen atoms in total. The van der Waals surface area contributed by atoms with Gasteiger partial charge in [0.15, 0.2) is 5.76 Å². The number of aryl methyl sites for hydroxylation is 1. The third kappa shape index (κ3) is 2.83. The van der Waals surface area contributed by atoms with Gasteiger partial charge in [-0.3, -0.25) is 4.90 Å². The molecular weight excluding hydrogens is 360 g/mol. The highest BCUT2D eigenvalue weighted by atomic mass is 32.1. The Morgan fingerprint density at radius 2 is 1.93 bits per heavy atom. The van der Waals surface area contributed by atoms with Crippen molar-refractivity contribution in [2.75, 3.05) is 13.1 Å². The first kappa shape index (κ1) is 16.5. The van der Waals surface area contributed by atoms with E-state index in [9.17, 15) is 5.11 Å². The van der Waals surface area contributed by atoms with E-state index < -0.39 is 0 Å². The van der Waals surface area contributed by atoms with E-state index in [2.05, 4.69) is 46.2 Å². The van der Waals surface area contributed by atoms with Gasteiger partial charge in [0.05, 0.1) is 17.2 Å². The number of benzene rings is 1. The number of thiazole rings is 1. The second-order valence-corrected chi connectivity index (χ2v) is 7.96. The van der Waals surface area contributed by atoms with Crippen LogP contribution in [0.25, 0.3) is 16.5 Å². The summed E-state index contributed by atoms with van der Waals surface area (Å²) >= 11 is 1.49. The summed E-state index contributed by atoms with van der Waals surface area (Å²) in [4.78, 5) is 8.55. The maximum Gasteiger partial charge on any atom is 0.230 e. The quantitative estimate of drug-likeness (QED) is 0.573. The molecule has 138 valence electrons. The van der Waals surface area contributed by atoms with E-state index in [0.29, 0.717) is 16.5 Å². The molecule has 1 fully saturated rings. The number of hydrogen-bond donors (Lipinski definition) is 1. The van der Waals surface area contributed by atoms with E-state index >= 15 is 0 Å². The van der Waals surface area contributed by atoms with Crippen molar-refractivity contribution in [1.82, 2.24) is 19.5 Å². The van der Waals surface area contributed by atoms with E-state index in [1.807, 2.05) is 6.07 Å². The fraction of sp³-hybridized carbons (Fsp3) is 0.300. The summed E-state index contributed by atoms with van der Waals surface area (Å²) in [6, 6.07) is 12.2. The van der Waals surface area contributed by atoms with Gasteiger partial charge in [-0.15, -0.1) is 5.10 Å². The largest absolute Gasteiger partial charge is 0.492 e. The standard InChI is InChI=1S/C20H20N4O2S/c1-13-6-8-14(9-7-13)16(23-10-2-3-11-23)17-19(25)24-20(27-17)21-18(22-24)15-5-4-12-26-15/h4-9,12,16,25H,2-3,10-11H2,1H3/t16-/m1/s1. The SMILES string of the molecule is Cc1ccc([C@H](c2sc3nc(-c4ccco4)nn3c2O)N2CCCC2)cc1. The number of fused-ring (bicyclic) bond motifs is 1. The second-order valence-electron chi connectivity index (χ2n) is 6.95. The molecule has 0 aliphatic carbocycles. The molecule has 4 heterocycles. The Labute approximate surface area is 160 Å². The highest BCUT2D eigenvalue weighted by Crippen LogP contribution is 2.41. The number of furan rings is 1. The number of aromatic nitrogens is 3. The molecule has 7 heteroatoms. The van der Waals surface area contributed by atoms with Gasteiger partial charge >= 0.3 is 0 Å². The molecule has 0 amide bonds. The highest BCUT2D eigenvalue weighted by Gasteiger charge is 2.31. The molecule has 1 aromatic carbocycles. The number of likely N-dealkylation sites (tertiary alicyclic amines) is 1. The molecule has 0 bridgehead atoms. The first-order valence-electron chi connectivity index (χ1n) is 9.13. The average molecular weight is 380 g/mol. The van der Waals surface area contributed by atoms with Crippen LogP contribution < -0.4 is 0 Å². The first-order chi connectivity index (χ1) is 13.2. The zero-order chi connectivity index (χ0) is 18.4. The summed E-state index contributed by atoms with van der Waals surface area (Å²) in [6.07, 6.45) is 3.97. The summed E-state index contributed by atoms with van der Waals surface area (Å²) in [5.41, 5.74) is 2.42. The van der Waals surface area contributed by atoms with Gasteiger partial charge in [-0.2, -0.15) is 9.50 Å².